The zero-order valence-corrected chi connectivity index (χ0v) is 18.0. The van der Waals surface area contributed by atoms with Gasteiger partial charge in [0.05, 0.1) is 16.8 Å². The summed E-state index contributed by atoms with van der Waals surface area (Å²) < 4.78 is 35.4. The van der Waals surface area contributed by atoms with Crippen LogP contribution in [0, 0.1) is 0 Å². The van der Waals surface area contributed by atoms with Crippen molar-refractivity contribution in [2.24, 2.45) is 0 Å². The van der Waals surface area contributed by atoms with E-state index in [0.717, 1.165) is 12.8 Å². The van der Waals surface area contributed by atoms with Crippen LogP contribution in [0.2, 0.25) is 0 Å². The molecule has 150 valence electrons. The van der Waals surface area contributed by atoms with Crippen LogP contribution in [-0.2, 0) is 27.9 Å². The molecule has 0 bridgehead atoms. The predicted molar refractivity (Wildman–Crippen MR) is 102 cm³/mol. The first-order chi connectivity index (χ1) is 11.8. The fraction of sp³-hybridized carbons (Fsp3) is 1.00. The predicted octanol–water partition coefficient (Wildman–Crippen LogP) is 3.75. The van der Waals surface area contributed by atoms with Crippen LogP contribution in [0.4, 0.5) is 0 Å². The summed E-state index contributed by atoms with van der Waals surface area (Å²) >= 11 is 0. The minimum Gasteiger partial charge on any atom is -0.383 e. The lowest BCUT2D eigenvalue weighted by atomic mass is 9.92. The van der Waals surface area contributed by atoms with Gasteiger partial charge in [0.2, 0.25) is 0 Å². The average molecular weight is 370 g/mol. The first kappa shape index (κ1) is 22.2. The molecule has 0 aromatic heterocycles. The highest BCUT2D eigenvalue weighted by atomic mass is 16.8. The first-order valence-corrected chi connectivity index (χ1v) is 9.75. The Labute approximate surface area is 159 Å². The van der Waals surface area contributed by atoms with Gasteiger partial charge in [0.1, 0.15) is 0 Å². The molecule has 8 heteroatoms. The molecule has 2 heterocycles. The fourth-order valence-electron chi connectivity index (χ4n) is 3.88. The van der Waals surface area contributed by atoms with Crippen molar-refractivity contribution < 1.29 is 27.9 Å². The van der Waals surface area contributed by atoms with E-state index in [4.69, 9.17) is 27.9 Å². The molecular formula is C18H36B2O6. The van der Waals surface area contributed by atoms with E-state index < -0.39 is 20.2 Å². The molecule has 6 nitrogen and oxygen atoms in total. The molecule has 2 aliphatic rings. The van der Waals surface area contributed by atoms with Crippen molar-refractivity contribution >= 4 is 14.6 Å². The topological polar surface area (TPSA) is 55.4 Å². The van der Waals surface area contributed by atoms with Crippen LogP contribution in [-0.4, -0.2) is 49.8 Å². The summed E-state index contributed by atoms with van der Waals surface area (Å²) in [4.78, 5) is 0. The van der Waals surface area contributed by atoms with E-state index in [1.165, 1.54) is 0 Å². The van der Waals surface area contributed by atoms with Crippen LogP contribution in [0.25, 0.3) is 0 Å². The highest BCUT2D eigenvalue weighted by Crippen LogP contribution is 2.31. The van der Waals surface area contributed by atoms with Crippen molar-refractivity contribution in [1.29, 1.82) is 0 Å². The standard InChI is InChI=1S/C18H36B2O6/c1-13-10-16(4,5)24-19(21-13)22-14(2)11-17(6,7)25-20-23-15(3)12-18(8,9)26-20/h13-15H,10-12H2,1-9H3/t13-,14+,15+/m1/s1. The second-order valence-corrected chi connectivity index (χ2v) is 9.66. The van der Waals surface area contributed by atoms with E-state index in [0.29, 0.717) is 6.42 Å². The molecule has 0 N–H and O–H groups in total. The molecule has 2 saturated heterocycles. The van der Waals surface area contributed by atoms with Crippen LogP contribution in [0.3, 0.4) is 0 Å². The second-order valence-electron chi connectivity index (χ2n) is 9.66. The third-order valence-electron chi connectivity index (χ3n) is 4.61. The van der Waals surface area contributed by atoms with Gasteiger partial charge < -0.3 is 27.9 Å². The summed E-state index contributed by atoms with van der Waals surface area (Å²) in [6.07, 6.45) is 2.44. The molecule has 0 unspecified atom stereocenters. The van der Waals surface area contributed by atoms with Gasteiger partial charge in [-0.2, -0.15) is 0 Å². The smallest absolute Gasteiger partial charge is 0.383 e. The molecule has 0 aromatic carbocycles. The Balaban J connectivity index is 1.85. The van der Waals surface area contributed by atoms with Crippen LogP contribution < -0.4 is 0 Å². The van der Waals surface area contributed by atoms with E-state index in [-0.39, 0.29) is 29.5 Å². The van der Waals surface area contributed by atoms with Crippen molar-refractivity contribution in [2.45, 2.75) is 117 Å². The summed E-state index contributed by atoms with van der Waals surface area (Å²) in [6, 6.07) is 0. The molecule has 0 spiro atoms. The summed E-state index contributed by atoms with van der Waals surface area (Å²) in [5.41, 5.74) is -0.987. The Morgan fingerprint density at radius 1 is 0.962 bits per heavy atom. The van der Waals surface area contributed by atoms with Crippen LogP contribution >= 0.6 is 0 Å². The highest BCUT2D eigenvalue weighted by molar-refractivity contribution is 6.37. The van der Waals surface area contributed by atoms with Gasteiger partial charge in [0, 0.05) is 18.3 Å². The van der Waals surface area contributed by atoms with Gasteiger partial charge in [-0.1, -0.05) is 0 Å². The maximum absolute atomic E-state index is 6.10. The number of hydrogen-bond acceptors (Lipinski definition) is 6. The van der Waals surface area contributed by atoms with E-state index in [9.17, 15) is 0 Å². The minimum atomic E-state index is -0.669. The molecule has 26 heavy (non-hydrogen) atoms. The molecule has 3 atom stereocenters. The van der Waals surface area contributed by atoms with Gasteiger partial charge in [-0.05, 0) is 81.6 Å². The Morgan fingerprint density at radius 2 is 1.42 bits per heavy atom. The SMILES string of the molecule is C[C@@H]1CC(C)(C)OB(O[C@@H](C)CC(C)(C)OB2O[C@@H](C)CC(C)(C)O2)O1. The number of rotatable bonds is 6. The van der Waals surface area contributed by atoms with Gasteiger partial charge in [0.25, 0.3) is 0 Å². The summed E-state index contributed by atoms with van der Waals surface area (Å²) in [7, 11) is -1.32. The molecular weight excluding hydrogens is 334 g/mol. The highest BCUT2D eigenvalue weighted by Gasteiger charge is 2.44. The summed E-state index contributed by atoms with van der Waals surface area (Å²) in [6.45, 7) is 18.3. The van der Waals surface area contributed by atoms with Gasteiger partial charge in [-0.25, -0.2) is 0 Å². The Hall–Kier alpha value is -0.110. The lowest BCUT2D eigenvalue weighted by Crippen LogP contribution is -2.51. The first-order valence-electron chi connectivity index (χ1n) is 9.75. The molecule has 2 fully saturated rings. The lowest BCUT2D eigenvalue weighted by molar-refractivity contribution is -0.105. The zero-order chi connectivity index (χ0) is 19.8. The summed E-state index contributed by atoms with van der Waals surface area (Å²) in [5.74, 6) is 0. The quantitative estimate of drug-likeness (QED) is 0.664. The van der Waals surface area contributed by atoms with Crippen molar-refractivity contribution in [3.63, 3.8) is 0 Å². The monoisotopic (exact) mass is 370 g/mol. The Bertz CT molecular complexity index is 471. The Kier molecular flexibility index (Phi) is 6.91. The maximum Gasteiger partial charge on any atom is 0.640 e. The minimum absolute atomic E-state index is 0.0981. The molecule has 2 aliphatic heterocycles. The van der Waals surface area contributed by atoms with E-state index >= 15 is 0 Å². The lowest BCUT2D eigenvalue weighted by Gasteiger charge is -2.41. The van der Waals surface area contributed by atoms with Crippen molar-refractivity contribution in [2.75, 3.05) is 0 Å². The van der Waals surface area contributed by atoms with E-state index in [2.05, 4.69) is 27.7 Å². The average Bonchev–Trinajstić information content (AvgIpc) is 2.30. The van der Waals surface area contributed by atoms with E-state index in [1.807, 2.05) is 34.6 Å². The van der Waals surface area contributed by atoms with Crippen molar-refractivity contribution in [1.82, 2.24) is 0 Å². The molecule has 0 aromatic rings. The van der Waals surface area contributed by atoms with Gasteiger partial charge in [-0.15, -0.1) is 0 Å². The van der Waals surface area contributed by atoms with Crippen LogP contribution in [0.15, 0.2) is 0 Å². The zero-order valence-electron chi connectivity index (χ0n) is 18.0. The second kappa shape index (κ2) is 8.10. The van der Waals surface area contributed by atoms with Crippen LogP contribution in [0.1, 0.15) is 81.6 Å². The molecule has 0 saturated carbocycles. The van der Waals surface area contributed by atoms with Gasteiger partial charge >= 0.3 is 14.6 Å². The van der Waals surface area contributed by atoms with Gasteiger partial charge in [0.15, 0.2) is 0 Å². The largest absolute Gasteiger partial charge is 0.640 e. The van der Waals surface area contributed by atoms with Crippen molar-refractivity contribution in [3.8, 4) is 0 Å². The molecule has 0 radical (unpaired) electrons. The molecule has 0 amide bonds. The fourth-order valence-corrected chi connectivity index (χ4v) is 3.88. The van der Waals surface area contributed by atoms with Crippen molar-refractivity contribution in [3.05, 3.63) is 0 Å². The maximum atomic E-state index is 6.10. The Morgan fingerprint density at radius 3 is 1.92 bits per heavy atom. The normalized spacial score (nSPS) is 30.3. The third-order valence-corrected chi connectivity index (χ3v) is 4.61. The third kappa shape index (κ3) is 7.13. The molecule has 0 aliphatic carbocycles. The molecule has 2 rings (SSSR count). The summed E-state index contributed by atoms with van der Waals surface area (Å²) in [5, 5.41) is 0. The van der Waals surface area contributed by atoms with Gasteiger partial charge in [-0.3, -0.25) is 0 Å². The van der Waals surface area contributed by atoms with Crippen LogP contribution in [0.5, 0.6) is 0 Å². The van der Waals surface area contributed by atoms with E-state index in [1.54, 1.807) is 0 Å². The number of hydrogen-bond donors (Lipinski definition) is 0.